The fraction of sp³-hybridized carbons (Fsp3) is 0.923. The number of hydrogen-bond donors (Lipinski definition) is 1. The lowest BCUT2D eigenvalue weighted by Crippen LogP contribution is -2.51. The average molecular weight is 224 g/mol. The molecule has 0 aromatic rings. The van der Waals surface area contributed by atoms with Crippen LogP contribution in [-0.2, 0) is 4.79 Å². The second-order valence-corrected chi connectivity index (χ2v) is 6.51. The molecule has 0 spiro atoms. The maximum atomic E-state index is 12.3. The van der Waals surface area contributed by atoms with E-state index in [1.165, 1.54) is 25.7 Å². The molecule has 2 aliphatic rings. The smallest absolute Gasteiger partial charge is 0.240 e. The van der Waals surface area contributed by atoms with E-state index in [-0.39, 0.29) is 17.4 Å². The number of hydrogen-bond acceptors (Lipinski definition) is 2. The Bertz CT molecular complexity index is 274. The number of carbonyl (C=O) groups excluding carboxylic acids is 1. The Hall–Kier alpha value is -0.570. The van der Waals surface area contributed by atoms with Crippen LogP contribution in [0.1, 0.15) is 46.5 Å². The van der Waals surface area contributed by atoms with Crippen molar-refractivity contribution in [2.75, 3.05) is 6.54 Å². The van der Waals surface area contributed by atoms with E-state index < -0.39 is 0 Å². The van der Waals surface area contributed by atoms with Crippen LogP contribution in [0.4, 0.5) is 0 Å². The van der Waals surface area contributed by atoms with E-state index in [9.17, 15) is 4.79 Å². The highest BCUT2D eigenvalue weighted by Crippen LogP contribution is 2.36. The third kappa shape index (κ3) is 2.76. The van der Waals surface area contributed by atoms with Crippen LogP contribution < -0.4 is 5.73 Å². The molecule has 0 heterocycles. The molecule has 0 aromatic heterocycles. The quantitative estimate of drug-likeness (QED) is 0.791. The summed E-state index contributed by atoms with van der Waals surface area (Å²) in [4.78, 5) is 14.4. The highest BCUT2D eigenvalue weighted by molar-refractivity contribution is 5.83. The maximum Gasteiger partial charge on any atom is 0.240 e. The van der Waals surface area contributed by atoms with Crippen LogP contribution in [0, 0.1) is 11.3 Å². The summed E-state index contributed by atoms with van der Waals surface area (Å²) in [6, 6.07) is 0.147. The minimum Gasteiger partial charge on any atom is -0.338 e. The summed E-state index contributed by atoms with van der Waals surface area (Å²) in [7, 11) is 0. The molecule has 2 aliphatic carbocycles. The number of nitrogens with two attached hydrogens (primary N) is 1. The largest absolute Gasteiger partial charge is 0.338 e. The van der Waals surface area contributed by atoms with Crippen molar-refractivity contribution in [1.29, 1.82) is 0 Å². The van der Waals surface area contributed by atoms with E-state index in [4.69, 9.17) is 5.73 Å². The van der Waals surface area contributed by atoms with Crippen molar-refractivity contribution in [1.82, 2.24) is 4.90 Å². The van der Waals surface area contributed by atoms with Gasteiger partial charge in [-0.25, -0.2) is 0 Å². The zero-order valence-corrected chi connectivity index (χ0v) is 10.7. The monoisotopic (exact) mass is 224 g/mol. The van der Waals surface area contributed by atoms with Gasteiger partial charge in [0.25, 0.3) is 0 Å². The summed E-state index contributed by atoms with van der Waals surface area (Å²) in [5, 5.41) is 0. The highest BCUT2D eigenvalue weighted by Gasteiger charge is 2.40. The Labute approximate surface area is 98.4 Å². The lowest BCUT2D eigenvalue weighted by molar-refractivity contribution is -0.135. The van der Waals surface area contributed by atoms with E-state index in [1.54, 1.807) is 0 Å². The molecule has 2 fully saturated rings. The van der Waals surface area contributed by atoms with Crippen molar-refractivity contribution in [2.45, 2.75) is 58.5 Å². The summed E-state index contributed by atoms with van der Waals surface area (Å²) in [5.41, 5.74) is 5.93. The first kappa shape index (κ1) is 11.9. The molecule has 2 saturated carbocycles. The van der Waals surface area contributed by atoms with Crippen LogP contribution >= 0.6 is 0 Å². The fourth-order valence-corrected chi connectivity index (χ4v) is 1.93. The maximum absolute atomic E-state index is 12.3. The Balaban J connectivity index is 1.98. The van der Waals surface area contributed by atoms with Gasteiger partial charge in [-0.2, -0.15) is 0 Å². The van der Waals surface area contributed by atoms with Crippen LogP contribution in [0.25, 0.3) is 0 Å². The lowest BCUT2D eigenvalue weighted by atomic mass is 9.86. The van der Waals surface area contributed by atoms with E-state index in [2.05, 4.69) is 4.90 Å². The molecule has 2 N–H and O–H groups in total. The van der Waals surface area contributed by atoms with Crippen LogP contribution in [0.15, 0.2) is 0 Å². The molecule has 0 unspecified atom stereocenters. The van der Waals surface area contributed by atoms with Crippen molar-refractivity contribution < 1.29 is 4.79 Å². The predicted molar refractivity (Wildman–Crippen MR) is 64.9 cm³/mol. The minimum atomic E-state index is -0.355. The van der Waals surface area contributed by atoms with Crippen LogP contribution in [0.2, 0.25) is 0 Å². The third-order valence-electron chi connectivity index (χ3n) is 3.62. The normalized spacial score (nSPS) is 23.0. The van der Waals surface area contributed by atoms with Crippen molar-refractivity contribution in [2.24, 2.45) is 17.1 Å². The van der Waals surface area contributed by atoms with Crippen LogP contribution in [0.3, 0.4) is 0 Å². The van der Waals surface area contributed by atoms with Crippen molar-refractivity contribution in [3.63, 3.8) is 0 Å². The van der Waals surface area contributed by atoms with Crippen molar-refractivity contribution in [3.8, 4) is 0 Å². The first-order chi connectivity index (χ1) is 7.39. The van der Waals surface area contributed by atoms with Crippen LogP contribution in [0.5, 0.6) is 0 Å². The molecular formula is C13H24N2O. The molecule has 1 atom stereocenters. The van der Waals surface area contributed by atoms with E-state index in [1.807, 2.05) is 20.8 Å². The summed E-state index contributed by atoms with van der Waals surface area (Å²) in [5.74, 6) is 0.929. The first-order valence-corrected chi connectivity index (χ1v) is 6.45. The molecule has 1 amide bonds. The Morgan fingerprint density at radius 3 is 2.25 bits per heavy atom. The molecule has 2 rings (SSSR count). The van der Waals surface area contributed by atoms with E-state index in [0.29, 0.717) is 6.04 Å². The number of rotatable bonds is 4. The Morgan fingerprint density at radius 2 is 1.88 bits per heavy atom. The van der Waals surface area contributed by atoms with Gasteiger partial charge < -0.3 is 10.6 Å². The van der Waals surface area contributed by atoms with Crippen molar-refractivity contribution >= 4 is 5.91 Å². The Kier molecular flexibility index (Phi) is 2.99. The number of carbonyl (C=O) groups is 1. The molecule has 0 aromatic carbocycles. The second-order valence-electron chi connectivity index (χ2n) is 6.51. The van der Waals surface area contributed by atoms with Gasteiger partial charge in [-0.15, -0.1) is 0 Å². The molecule has 3 nitrogen and oxygen atoms in total. The summed E-state index contributed by atoms with van der Waals surface area (Å²) >= 11 is 0. The zero-order chi connectivity index (χ0) is 11.9. The van der Waals surface area contributed by atoms with Gasteiger partial charge in [-0.3, -0.25) is 4.79 Å². The molecular weight excluding hydrogens is 200 g/mol. The summed E-state index contributed by atoms with van der Waals surface area (Å²) < 4.78 is 0. The van der Waals surface area contributed by atoms with Gasteiger partial charge in [-0.05, 0) is 37.0 Å². The predicted octanol–water partition coefficient (Wildman–Crippen LogP) is 1.76. The zero-order valence-electron chi connectivity index (χ0n) is 10.7. The van der Waals surface area contributed by atoms with E-state index >= 15 is 0 Å². The molecule has 0 saturated heterocycles. The van der Waals surface area contributed by atoms with Crippen molar-refractivity contribution in [3.05, 3.63) is 0 Å². The van der Waals surface area contributed by atoms with E-state index in [0.717, 1.165) is 12.5 Å². The highest BCUT2D eigenvalue weighted by atomic mass is 16.2. The van der Waals surface area contributed by atoms with Gasteiger partial charge in [0.1, 0.15) is 0 Å². The van der Waals surface area contributed by atoms with Gasteiger partial charge in [0, 0.05) is 12.6 Å². The molecule has 3 heteroatoms. The van der Waals surface area contributed by atoms with Crippen LogP contribution in [-0.4, -0.2) is 29.4 Å². The van der Waals surface area contributed by atoms with Gasteiger partial charge >= 0.3 is 0 Å². The average Bonchev–Trinajstić information content (AvgIpc) is 2.99. The molecule has 0 aliphatic heterocycles. The standard InChI is InChI=1S/C13H24N2O/c1-13(2,3)11(14)12(16)15(10-6-7-10)8-9-4-5-9/h9-11H,4-8,14H2,1-3H3/t11-/m0/s1. The number of amides is 1. The first-order valence-electron chi connectivity index (χ1n) is 6.45. The Morgan fingerprint density at radius 1 is 1.31 bits per heavy atom. The van der Waals surface area contributed by atoms with Gasteiger partial charge in [0.05, 0.1) is 6.04 Å². The molecule has 92 valence electrons. The fourth-order valence-electron chi connectivity index (χ4n) is 1.93. The SMILES string of the molecule is CC(C)(C)[C@@H](N)C(=O)N(CC1CC1)C1CC1. The lowest BCUT2D eigenvalue weighted by Gasteiger charge is -2.32. The second kappa shape index (κ2) is 4.02. The summed E-state index contributed by atoms with van der Waals surface area (Å²) in [6.07, 6.45) is 4.94. The molecule has 0 bridgehead atoms. The van der Waals surface area contributed by atoms with Gasteiger partial charge in [0.15, 0.2) is 0 Å². The third-order valence-corrected chi connectivity index (χ3v) is 3.62. The minimum absolute atomic E-state index is 0.131. The molecule has 0 radical (unpaired) electrons. The molecule has 16 heavy (non-hydrogen) atoms. The topological polar surface area (TPSA) is 46.3 Å². The van der Waals surface area contributed by atoms with Gasteiger partial charge in [0.2, 0.25) is 5.91 Å². The summed E-state index contributed by atoms with van der Waals surface area (Å²) in [6.45, 7) is 7.07. The number of nitrogens with zero attached hydrogens (tertiary/aromatic N) is 1. The van der Waals surface area contributed by atoms with Gasteiger partial charge in [-0.1, -0.05) is 20.8 Å².